The lowest BCUT2D eigenvalue weighted by Crippen LogP contribution is -2.54. The van der Waals surface area contributed by atoms with Crippen molar-refractivity contribution in [2.75, 3.05) is 6.61 Å². The molecule has 0 saturated carbocycles. The van der Waals surface area contributed by atoms with Crippen molar-refractivity contribution in [3.8, 4) is 0 Å². The Morgan fingerprint density at radius 1 is 1.21 bits per heavy atom. The first kappa shape index (κ1) is 16.7. The van der Waals surface area contributed by atoms with E-state index in [1.54, 1.807) is 0 Å². The molecular weight excluding hydrogens is 254 g/mol. The monoisotopic (exact) mass is 271 g/mol. The predicted octanol–water partition coefficient (Wildman–Crippen LogP) is 1.16. The van der Waals surface area contributed by atoms with Crippen LogP contribution < -0.4 is 5.32 Å². The van der Waals surface area contributed by atoms with Crippen LogP contribution in [0, 0.1) is 0 Å². The summed E-state index contributed by atoms with van der Waals surface area (Å²) in [7, 11) is 0. The van der Waals surface area contributed by atoms with Gasteiger partial charge in [-0.15, -0.1) is 6.58 Å². The van der Waals surface area contributed by atoms with Crippen LogP contribution in [0.2, 0.25) is 0 Å². The highest BCUT2D eigenvalue weighted by Crippen LogP contribution is 2.19. The molecule has 0 spiro atoms. The predicted molar refractivity (Wildman–Crippen MR) is 66.7 cm³/mol. The molecule has 0 fully saturated rings. The van der Waals surface area contributed by atoms with E-state index in [9.17, 15) is 19.5 Å². The van der Waals surface area contributed by atoms with Gasteiger partial charge >= 0.3 is 18.0 Å². The summed E-state index contributed by atoms with van der Waals surface area (Å²) in [6.07, 6.45) is 0.888. The molecule has 1 atom stereocenters. The van der Waals surface area contributed by atoms with Crippen molar-refractivity contribution in [2.24, 2.45) is 0 Å². The first-order chi connectivity index (χ1) is 8.88. The van der Waals surface area contributed by atoms with Crippen LogP contribution in [0.15, 0.2) is 25.3 Å². The van der Waals surface area contributed by atoms with E-state index in [-0.39, 0.29) is 19.4 Å². The molecule has 0 saturated heterocycles. The van der Waals surface area contributed by atoms with Gasteiger partial charge in [0.25, 0.3) is 0 Å². The highest BCUT2D eigenvalue weighted by Gasteiger charge is 2.39. The van der Waals surface area contributed by atoms with E-state index >= 15 is 0 Å². The maximum absolute atomic E-state index is 11.4. The highest BCUT2D eigenvalue weighted by molar-refractivity contribution is 5.85. The average molecular weight is 271 g/mol. The van der Waals surface area contributed by atoms with Gasteiger partial charge in [0.2, 0.25) is 0 Å². The molecule has 7 heteroatoms. The fourth-order valence-corrected chi connectivity index (χ4v) is 1.40. The Labute approximate surface area is 110 Å². The first-order valence-corrected chi connectivity index (χ1v) is 5.50. The summed E-state index contributed by atoms with van der Waals surface area (Å²) >= 11 is 0. The third kappa shape index (κ3) is 5.71. The molecule has 3 N–H and O–H groups in total. The van der Waals surface area contributed by atoms with Gasteiger partial charge in [0.1, 0.15) is 12.1 Å². The number of nitrogens with one attached hydrogen (secondary N) is 1. The molecule has 1 amide bonds. The summed E-state index contributed by atoms with van der Waals surface area (Å²) in [6, 6.07) is 0. The van der Waals surface area contributed by atoms with Gasteiger partial charge in [0.15, 0.2) is 0 Å². The number of carboxylic acids is 2. The van der Waals surface area contributed by atoms with E-state index < -0.39 is 30.0 Å². The summed E-state index contributed by atoms with van der Waals surface area (Å²) in [5.41, 5.74) is -1.74. The number of alkyl carbamates (subject to hydrolysis) is 1. The number of hydrogen-bond donors (Lipinski definition) is 3. The normalized spacial score (nSPS) is 12.8. The number of carbonyl (C=O) groups is 3. The molecule has 0 bridgehead atoms. The smallest absolute Gasteiger partial charge is 0.408 e. The maximum atomic E-state index is 11.4. The van der Waals surface area contributed by atoms with Crippen LogP contribution in [0.1, 0.15) is 19.3 Å². The lowest BCUT2D eigenvalue weighted by molar-refractivity contribution is -0.145. The average Bonchev–Trinajstić information content (AvgIpc) is 2.33. The number of aliphatic carboxylic acids is 2. The third-order valence-corrected chi connectivity index (χ3v) is 2.34. The number of ether oxygens (including phenoxy) is 1. The molecule has 0 unspecified atom stereocenters. The van der Waals surface area contributed by atoms with Gasteiger partial charge in [0, 0.05) is 6.42 Å². The van der Waals surface area contributed by atoms with Crippen LogP contribution in [-0.4, -0.2) is 40.4 Å². The zero-order valence-corrected chi connectivity index (χ0v) is 10.4. The van der Waals surface area contributed by atoms with Crippen molar-refractivity contribution >= 4 is 18.0 Å². The molecule has 0 aromatic carbocycles. The first-order valence-electron chi connectivity index (χ1n) is 5.50. The molecule has 7 nitrogen and oxygen atoms in total. The largest absolute Gasteiger partial charge is 0.481 e. The number of amides is 1. The van der Waals surface area contributed by atoms with Crippen molar-refractivity contribution in [1.29, 1.82) is 0 Å². The standard InChI is InChI=1S/C12H17NO6/c1-3-6-12(10(16)17,7-5-9(14)15)13-11(18)19-8-4-2/h3-4H,1-2,5-8H2,(H,13,18)(H,14,15)(H,16,17)/t12-/m1/s1. The molecule has 0 radical (unpaired) electrons. The van der Waals surface area contributed by atoms with Gasteiger partial charge in [-0.2, -0.15) is 0 Å². The van der Waals surface area contributed by atoms with Gasteiger partial charge < -0.3 is 20.3 Å². The van der Waals surface area contributed by atoms with E-state index in [1.807, 2.05) is 0 Å². The molecule has 0 aliphatic rings. The Balaban J connectivity index is 4.93. The van der Waals surface area contributed by atoms with Crippen LogP contribution in [0.5, 0.6) is 0 Å². The Morgan fingerprint density at radius 3 is 2.26 bits per heavy atom. The lowest BCUT2D eigenvalue weighted by atomic mass is 9.89. The van der Waals surface area contributed by atoms with E-state index in [4.69, 9.17) is 5.11 Å². The second kappa shape index (κ2) is 7.91. The van der Waals surface area contributed by atoms with E-state index in [2.05, 4.69) is 23.2 Å². The summed E-state index contributed by atoms with van der Waals surface area (Å²) in [4.78, 5) is 33.3. The van der Waals surface area contributed by atoms with Gasteiger partial charge in [-0.1, -0.05) is 18.7 Å². The number of carboxylic acid groups (broad SMARTS) is 2. The lowest BCUT2D eigenvalue weighted by Gasteiger charge is -2.28. The number of carbonyl (C=O) groups excluding carboxylic acids is 1. The Bertz CT molecular complexity index is 378. The fraction of sp³-hybridized carbons (Fsp3) is 0.417. The van der Waals surface area contributed by atoms with Crippen molar-refractivity contribution in [2.45, 2.75) is 24.8 Å². The Hall–Kier alpha value is -2.31. The van der Waals surface area contributed by atoms with Crippen molar-refractivity contribution in [1.82, 2.24) is 5.32 Å². The van der Waals surface area contributed by atoms with E-state index in [0.29, 0.717) is 0 Å². The number of rotatable bonds is 9. The van der Waals surface area contributed by atoms with E-state index in [0.717, 1.165) is 0 Å². The summed E-state index contributed by atoms with van der Waals surface area (Å²) in [6.45, 7) is 6.68. The Morgan fingerprint density at radius 2 is 1.84 bits per heavy atom. The van der Waals surface area contributed by atoms with Crippen molar-refractivity contribution < 1.29 is 29.3 Å². The Kier molecular flexibility index (Phi) is 6.95. The van der Waals surface area contributed by atoms with Gasteiger partial charge in [0.05, 0.1) is 0 Å². The molecule has 0 heterocycles. The summed E-state index contributed by atoms with van der Waals surface area (Å²) in [5, 5.41) is 20.0. The molecule has 19 heavy (non-hydrogen) atoms. The highest BCUT2D eigenvalue weighted by atomic mass is 16.5. The minimum absolute atomic E-state index is 0.0748. The van der Waals surface area contributed by atoms with E-state index in [1.165, 1.54) is 12.2 Å². The quantitative estimate of drug-likeness (QED) is 0.542. The SMILES string of the molecule is C=CCOC(=O)N[C@](CC=C)(CCC(=O)O)C(=O)O. The second-order valence-corrected chi connectivity index (χ2v) is 3.79. The molecule has 0 aromatic rings. The van der Waals surface area contributed by atoms with Gasteiger partial charge in [-0.3, -0.25) is 4.79 Å². The summed E-state index contributed by atoms with van der Waals surface area (Å²) in [5.74, 6) is -2.50. The minimum atomic E-state index is -1.74. The maximum Gasteiger partial charge on any atom is 0.408 e. The van der Waals surface area contributed by atoms with Crippen LogP contribution in [0.4, 0.5) is 4.79 Å². The van der Waals surface area contributed by atoms with Crippen molar-refractivity contribution in [3.05, 3.63) is 25.3 Å². The topological polar surface area (TPSA) is 113 Å². The molecule has 106 valence electrons. The molecule has 0 aliphatic heterocycles. The minimum Gasteiger partial charge on any atom is -0.481 e. The number of hydrogen-bond acceptors (Lipinski definition) is 4. The van der Waals surface area contributed by atoms with Gasteiger partial charge in [-0.25, -0.2) is 9.59 Å². The fourth-order valence-electron chi connectivity index (χ4n) is 1.40. The second-order valence-electron chi connectivity index (χ2n) is 3.79. The molecular formula is C12H17NO6. The van der Waals surface area contributed by atoms with Crippen LogP contribution in [0.3, 0.4) is 0 Å². The van der Waals surface area contributed by atoms with Crippen molar-refractivity contribution in [3.63, 3.8) is 0 Å². The molecule has 0 aliphatic carbocycles. The van der Waals surface area contributed by atoms with Crippen LogP contribution in [0.25, 0.3) is 0 Å². The van der Waals surface area contributed by atoms with Gasteiger partial charge in [-0.05, 0) is 12.8 Å². The van der Waals surface area contributed by atoms with Crippen LogP contribution >= 0.6 is 0 Å². The third-order valence-electron chi connectivity index (χ3n) is 2.34. The van der Waals surface area contributed by atoms with Crippen LogP contribution in [-0.2, 0) is 14.3 Å². The zero-order chi connectivity index (χ0) is 14.9. The summed E-state index contributed by atoms with van der Waals surface area (Å²) < 4.78 is 4.64. The molecule has 0 rings (SSSR count). The molecule has 0 aromatic heterocycles. The zero-order valence-electron chi connectivity index (χ0n) is 10.4.